The summed E-state index contributed by atoms with van der Waals surface area (Å²) in [4.78, 5) is 0. The van der Waals surface area contributed by atoms with Gasteiger partial charge in [0.25, 0.3) is 0 Å². The van der Waals surface area contributed by atoms with E-state index in [-0.39, 0.29) is 6.54 Å². The second-order valence-electron chi connectivity index (χ2n) is 3.63. The Balaban J connectivity index is 2.15. The topological polar surface area (TPSA) is 64.7 Å². The fourth-order valence-electron chi connectivity index (χ4n) is 1.36. The molecule has 78 valence electrons. The number of hydrogen-bond acceptors (Lipinski definition) is 4. The third-order valence-corrected chi connectivity index (χ3v) is 2.47. The van der Waals surface area contributed by atoms with Gasteiger partial charge >= 0.3 is 0 Å². The van der Waals surface area contributed by atoms with Gasteiger partial charge in [0.05, 0.1) is 19.8 Å². The second kappa shape index (κ2) is 4.91. The van der Waals surface area contributed by atoms with Crippen molar-refractivity contribution in [1.82, 2.24) is 0 Å². The molecule has 1 fully saturated rings. The Hall–Kier alpha value is -0.160. The van der Waals surface area contributed by atoms with E-state index in [9.17, 15) is 5.11 Å². The highest BCUT2D eigenvalue weighted by molar-refractivity contribution is 4.95. The maximum Gasteiger partial charge on any atom is 0.103 e. The number of methoxy groups -OCH3 is 1. The molecular weight excluding hydrogens is 170 g/mol. The van der Waals surface area contributed by atoms with Crippen molar-refractivity contribution in [2.24, 2.45) is 11.7 Å². The number of hydrogen-bond donors (Lipinski definition) is 2. The van der Waals surface area contributed by atoms with E-state index in [1.165, 1.54) is 0 Å². The number of ether oxygens (including phenoxy) is 2. The lowest BCUT2D eigenvalue weighted by Crippen LogP contribution is -2.44. The van der Waals surface area contributed by atoms with Crippen LogP contribution >= 0.6 is 0 Å². The molecule has 4 nitrogen and oxygen atoms in total. The average Bonchev–Trinajstić information content (AvgIpc) is 2.95. The van der Waals surface area contributed by atoms with Gasteiger partial charge < -0.3 is 20.3 Å². The molecule has 0 radical (unpaired) electrons. The van der Waals surface area contributed by atoms with Gasteiger partial charge in [-0.3, -0.25) is 0 Å². The first kappa shape index (κ1) is 10.9. The zero-order chi connectivity index (χ0) is 9.73. The van der Waals surface area contributed by atoms with Gasteiger partial charge in [-0.15, -0.1) is 0 Å². The van der Waals surface area contributed by atoms with E-state index >= 15 is 0 Å². The molecule has 4 heteroatoms. The van der Waals surface area contributed by atoms with Gasteiger partial charge in [0.15, 0.2) is 0 Å². The van der Waals surface area contributed by atoms with E-state index in [1.54, 1.807) is 7.11 Å². The molecule has 0 amide bonds. The molecule has 1 saturated carbocycles. The van der Waals surface area contributed by atoms with E-state index in [0.29, 0.717) is 25.7 Å². The molecule has 0 aromatic heterocycles. The highest BCUT2D eigenvalue weighted by atomic mass is 16.5. The van der Waals surface area contributed by atoms with Crippen LogP contribution in [0.5, 0.6) is 0 Å². The van der Waals surface area contributed by atoms with Gasteiger partial charge in [0.1, 0.15) is 5.60 Å². The molecule has 0 bridgehead atoms. The molecule has 0 heterocycles. The fraction of sp³-hybridized carbons (Fsp3) is 1.00. The molecule has 13 heavy (non-hydrogen) atoms. The lowest BCUT2D eigenvalue weighted by atomic mass is 9.99. The minimum Gasteiger partial charge on any atom is -0.386 e. The van der Waals surface area contributed by atoms with E-state index in [2.05, 4.69) is 0 Å². The van der Waals surface area contributed by atoms with Crippen molar-refractivity contribution in [3.8, 4) is 0 Å². The van der Waals surface area contributed by atoms with Gasteiger partial charge in [-0.05, 0) is 18.8 Å². The van der Waals surface area contributed by atoms with Crippen LogP contribution < -0.4 is 5.73 Å². The minimum absolute atomic E-state index is 0.282. The quantitative estimate of drug-likeness (QED) is 0.542. The molecule has 0 aromatic carbocycles. The molecule has 1 aliphatic rings. The molecule has 0 aromatic rings. The molecule has 1 aliphatic carbocycles. The van der Waals surface area contributed by atoms with Crippen LogP contribution in [-0.2, 0) is 9.47 Å². The summed E-state index contributed by atoms with van der Waals surface area (Å²) in [5, 5.41) is 9.97. The van der Waals surface area contributed by atoms with Gasteiger partial charge in [0, 0.05) is 13.7 Å². The van der Waals surface area contributed by atoms with Crippen molar-refractivity contribution in [1.29, 1.82) is 0 Å². The normalized spacial score (nSPS) is 21.5. The first-order chi connectivity index (χ1) is 6.23. The van der Waals surface area contributed by atoms with Crippen molar-refractivity contribution in [2.75, 3.05) is 33.5 Å². The molecule has 1 atom stereocenters. The maximum absolute atomic E-state index is 9.97. The lowest BCUT2D eigenvalue weighted by molar-refractivity contribution is -0.0628. The van der Waals surface area contributed by atoms with Crippen LogP contribution in [0, 0.1) is 5.92 Å². The predicted molar refractivity (Wildman–Crippen MR) is 49.4 cm³/mol. The van der Waals surface area contributed by atoms with Gasteiger partial charge in [-0.2, -0.15) is 0 Å². The van der Waals surface area contributed by atoms with E-state index in [4.69, 9.17) is 15.2 Å². The van der Waals surface area contributed by atoms with Crippen molar-refractivity contribution in [3.63, 3.8) is 0 Å². The van der Waals surface area contributed by atoms with Crippen LogP contribution in [0.4, 0.5) is 0 Å². The Kier molecular flexibility index (Phi) is 4.12. The predicted octanol–water partition coefficient (Wildman–Crippen LogP) is -0.251. The second-order valence-corrected chi connectivity index (χ2v) is 3.63. The largest absolute Gasteiger partial charge is 0.386 e. The first-order valence-corrected chi connectivity index (χ1v) is 4.72. The van der Waals surface area contributed by atoms with E-state index in [0.717, 1.165) is 12.8 Å². The smallest absolute Gasteiger partial charge is 0.103 e. The van der Waals surface area contributed by atoms with Crippen LogP contribution in [0.25, 0.3) is 0 Å². The van der Waals surface area contributed by atoms with Crippen molar-refractivity contribution in [2.45, 2.75) is 18.4 Å². The first-order valence-electron chi connectivity index (χ1n) is 4.72. The third kappa shape index (κ3) is 3.23. The van der Waals surface area contributed by atoms with Crippen molar-refractivity contribution in [3.05, 3.63) is 0 Å². The summed E-state index contributed by atoms with van der Waals surface area (Å²) in [6, 6.07) is 0. The zero-order valence-electron chi connectivity index (χ0n) is 8.16. The Morgan fingerprint density at radius 3 is 2.62 bits per heavy atom. The van der Waals surface area contributed by atoms with Crippen LogP contribution in [0.2, 0.25) is 0 Å². The zero-order valence-corrected chi connectivity index (χ0v) is 8.16. The molecule has 0 aliphatic heterocycles. The molecule has 0 spiro atoms. The Labute approximate surface area is 79.0 Å². The molecule has 3 N–H and O–H groups in total. The number of nitrogens with two attached hydrogens (primary N) is 1. The van der Waals surface area contributed by atoms with Crippen molar-refractivity contribution < 1.29 is 14.6 Å². The summed E-state index contributed by atoms with van der Waals surface area (Å²) in [7, 11) is 1.62. The molecule has 1 rings (SSSR count). The number of aliphatic hydroxyl groups is 1. The third-order valence-electron chi connectivity index (χ3n) is 2.47. The van der Waals surface area contributed by atoms with E-state index < -0.39 is 5.60 Å². The lowest BCUT2D eigenvalue weighted by Gasteiger charge is -2.25. The van der Waals surface area contributed by atoms with Crippen LogP contribution in [0.1, 0.15) is 12.8 Å². The van der Waals surface area contributed by atoms with Gasteiger partial charge in [-0.25, -0.2) is 0 Å². The standard InChI is InChI=1S/C9H19NO3/c1-12-4-5-13-7-9(11,6-10)8-2-3-8/h8,11H,2-7,10H2,1H3. The van der Waals surface area contributed by atoms with Crippen LogP contribution in [-0.4, -0.2) is 44.2 Å². The van der Waals surface area contributed by atoms with Gasteiger partial charge in [0.2, 0.25) is 0 Å². The highest BCUT2D eigenvalue weighted by Gasteiger charge is 2.42. The van der Waals surface area contributed by atoms with Crippen LogP contribution in [0.3, 0.4) is 0 Å². The monoisotopic (exact) mass is 189 g/mol. The fourth-order valence-corrected chi connectivity index (χ4v) is 1.36. The Bertz CT molecular complexity index is 150. The molecule has 1 unspecified atom stereocenters. The summed E-state index contributed by atoms with van der Waals surface area (Å²) in [5.74, 6) is 0.347. The maximum atomic E-state index is 9.97. The van der Waals surface area contributed by atoms with Gasteiger partial charge in [-0.1, -0.05) is 0 Å². The molecular formula is C9H19NO3. The van der Waals surface area contributed by atoms with Crippen molar-refractivity contribution >= 4 is 0 Å². The SMILES string of the molecule is COCCOCC(O)(CN)C1CC1. The van der Waals surface area contributed by atoms with Crippen LogP contribution in [0.15, 0.2) is 0 Å². The summed E-state index contributed by atoms with van der Waals surface area (Å²) < 4.78 is 10.1. The van der Waals surface area contributed by atoms with E-state index in [1.807, 2.05) is 0 Å². The minimum atomic E-state index is -0.798. The molecule has 0 saturated heterocycles. The average molecular weight is 189 g/mol. The Morgan fingerprint density at radius 2 is 2.15 bits per heavy atom. The summed E-state index contributed by atoms with van der Waals surface area (Å²) in [5.41, 5.74) is 4.70. The highest BCUT2D eigenvalue weighted by Crippen LogP contribution is 2.39. The summed E-state index contributed by atoms with van der Waals surface area (Å²) in [6.45, 7) is 1.69. The summed E-state index contributed by atoms with van der Waals surface area (Å²) in [6.07, 6.45) is 2.14. The Morgan fingerprint density at radius 1 is 1.46 bits per heavy atom. The number of rotatable bonds is 7. The summed E-state index contributed by atoms with van der Waals surface area (Å²) >= 11 is 0.